The van der Waals surface area contributed by atoms with Gasteiger partial charge in [0.2, 0.25) is 0 Å². The van der Waals surface area contributed by atoms with Crippen LogP contribution in [-0.2, 0) is 9.47 Å². The predicted molar refractivity (Wildman–Crippen MR) is 98.9 cm³/mol. The van der Waals surface area contributed by atoms with Crippen molar-refractivity contribution in [2.75, 3.05) is 6.61 Å². The van der Waals surface area contributed by atoms with E-state index < -0.39 is 37.1 Å². The molecule has 5 rings (SSSR count). The summed E-state index contributed by atoms with van der Waals surface area (Å²) in [5, 5.41) is 20.2. The summed E-state index contributed by atoms with van der Waals surface area (Å²) in [5.74, 6) is -0.602. The Kier molecular flexibility index (Phi) is 4.23. The summed E-state index contributed by atoms with van der Waals surface area (Å²) >= 11 is 0. The number of aliphatic hydroxyl groups is 2. The first-order valence-corrected chi connectivity index (χ1v) is 9.02. The van der Waals surface area contributed by atoms with E-state index in [9.17, 15) is 15.0 Å². The molecule has 148 valence electrons. The highest BCUT2D eigenvalue weighted by atomic mass is 16.6. The number of fused-ring (bicyclic) bond motifs is 3. The Bertz CT molecular complexity index is 1170. The van der Waals surface area contributed by atoms with E-state index in [1.165, 1.54) is 6.33 Å². The smallest absolute Gasteiger partial charge is 0.338 e. The number of benzene rings is 1. The lowest BCUT2D eigenvalue weighted by atomic mass is 10.1. The molecule has 1 fully saturated rings. The third kappa shape index (κ3) is 2.85. The van der Waals surface area contributed by atoms with Crippen LogP contribution in [0.1, 0.15) is 16.6 Å². The van der Waals surface area contributed by atoms with Gasteiger partial charge in [0.15, 0.2) is 29.1 Å². The van der Waals surface area contributed by atoms with Gasteiger partial charge < -0.3 is 19.7 Å². The molecule has 2 N–H and O–H groups in total. The number of ether oxygens (including phenoxy) is 2. The number of aliphatic hydroxyl groups excluding tert-OH is 2. The number of hydrogen-bond donors (Lipinski definition) is 2. The molecule has 0 aliphatic carbocycles. The Balaban J connectivity index is 1.53. The van der Waals surface area contributed by atoms with Crippen LogP contribution in [0.25, 0.3) is 16.8 Å². The molecular formula is C19H17N5O5. The summed E-state index contributed by atoms with van der Waals surface area (Å²) in [6.07, 6.45) is 2.36. The minimum Gasteiger partial charge on any atom is -0.451 e. The molecule has 1 saturated heterocycles. The molecule has 3 aromatic heterocycles. The van der Waals surface area contributed by atoms with Crippen molar-refractivity contribution in [3.8, 4) is 0 Å². The van der Waals surface area contributed by atoms with Crippen molar-refractivity contribution in [2.24, 2.45) is 0 Å². The van der Waals surface area contributed by atoms with Gasteiger partial charge in [0.25, 0.3) is 0 Å². The van der Waals surface area contributed by atoms with E-state index in [-0.39, 0.29) is 0 Å². The van der Waals surface area contributed by atoms with Crippen molar-refractivity contribution < 1.29 is 24.5 Å². The van der Waals surface area contributed by atoms with Crippen LogP contribution >= 0.6 is 0 Å². The Hall–Kier alpha value is -3.34. The lowest BCUT2D eigenvalue weighted by Crippen LogP contribution is -2.37. The first-order chi connectivity index (χ1) is 14.2. The van der Waals surface area contributed by atoms with Crippen molar-refractivity contribution in [3.05, 3.63) is 60.9 Å². The summed E-state index contributed by atoms with van der Waals surface area (Å²) in [7, 11) is 0. The number of rotatable bonds is 4. The molecule has 0 unspecified atom stereocenters. The molecular weight excluding hydrogens is 378 g/mol. The number of nitrogens with zero attached hydrogens (tertiary/aromatic N) is 5. The Labute approximate surface area is 164 Å². The molecule has 1 aliphatic heterocycles. The lowest BCUT2D eigenvalue weighted by molar-refractivity contribution is -0.0564. The fourth-order valence-electron chi connectivity index (χ4n) is 3.52. The third-order valence-corrected chi connectivity index (χ3v) is 4.97. The topological polar surface area (TPSA) is 124 Å². The molecule has 0 bridgehead atoms. The Morgan fingerprint density at radius 3 is 2.76 bits per heavy atom. The van der Waals surface area contributed by atoms with Gasteiger partial charge in [0.1, 0.15) is 18.5 Å². The van der Waals surface area contributed by atoms with Crippen molar-refractivity contribution >= 4 is 22.8 Å². The van der Waals surface area contributed by atoms with Crippen LogP contribution in [0, 0.1) is 0 Å². The number of carbonyl (C=O) groups is 1. The van der Waals surface area contributed by atoms with Gasteiger partial charge in [-0.2, -0.15) is 0 Å². The van der Waals surface area contributed by atoms with Crippen LogP contribution in [0.2, 0.25) is 0 Å². The number of aromatic nitrogens is 5. The van der Waals surface area contributed by atoms with Crippen molar-refractivity contribution in [3.63, 3.8) is 0 Å². The SMILES string of the molecule is O=C(O[C@@H]1[C@H](O)[C@@H](CO)O[C@H]1n1cnc2c1ncn1ccnc21)c1ccccc1. The Morgan fingerprint density at radius 1 is 1.14 bits per heavy atom. The van der Waals surface area contributed by atoms with E-state index in [2.05, 4.69) is 15.0 Å². The maximum Gasteiger partial charge on any atom is 0.338 e. The molecule has 4 aromatic rings. The molecule has 10 nitrogen and oxygen atoms in total. The van der Waals surface area contributed by atoms with Crippen LogP contribution in [0.4, 0.5) is 0 Å². The fourth-order valence-corrected chi connectivity index (χ4v) is 3.52. The van der Waals surface area contributed by atoms with Crippen LogP contribution in [0.3, 0.4) is 0 Å². The minimum absolute atomic E-state index is 0.346. The zero-order chi connectivity index (χ0) is 20.0. The highest BCUT2D eigenvalue weighted by Crippen LogP contribution is 2.34. The summed E-state index contributed by atoms with van der Waals surface area (Å²) < 4.78 is 14.7. The standard InChI is InChI=1S/C19H17N5O5/c25-8-12-14(26)15(29-19(27)11-4-2-1-3-5-11)18(28-12)24-10-21-13-16-20-6-7-23(16)9-22-17(13)24/h1-7,9-10,12,14-15,18,25-26H,8H2/t12-,14-,15-,18-/m1/s1. The van der Waals surface area contributed by atoms with Gasteiger partial charge in [-0.1, -0.05) is 18.2 Å². The summed E-state index contributed by atoms with van der Waals surface area (Å²) in [5.41, 5.74) is 1.96. The average Bonchev–Trinajstić information content (AvgIpc) is 3.46. The van der Waals surface area contributed by atoms with Crippen molar-refractivity contribution in [1.82, 2.24) is 23.9 Å². The second kappa shape index (κ2) is 6.92. The molecule has 0 radical (unpaired) electrons. The van der Waals surface area contributed by atoms with Gasteiger partial charge in [0, 0.05) is 12.4 Å². The molecule has 10 heteroatoms. The van der Waals surface area contributed by atoms with Crippen molar-refractivity contribution in [1.29, 1.82) is 0 Å². The maximum atomic E-state index is 12.6. The van der Waals surface area contributed by atoms with Crippen molar-refractivity contribution in [2.45, 2.75) is 24.5 Å². The number of imidazole rings is 2. The van der Waals surface area contributed by atoms with Gasteiger partial charge in [-0.15, -0.1) is 0 Å². The van der Waals surface area contributed by atoms with Crippen LogP contribution < -0.4 is 0 Å². The summed E-state index contributed by atoms with van der Waals surface area (Å²) in [6, 6.07) is 8.46. The Morgan fingerprint density at radius 2 is 1.97 bits per heavy atom. The predicted octanol–water partition coefficient (Wildman–Crippen LogP) is 0.555. The summed E-state index contributed by atoms with van der Waals surface area (Å²) in [4.78, 5) is 25.6. The zero-order valence-electron chi connectivity index (χ0n) is 15.1. The molecule has 1 aromatic carbocycles. The average molecular weight is 395 g/mol. The number of esters is 1. The van der Waals surface area contributed by atoms with E-state index in [4.69, 9.17) is 9.47 Å². The monoisotopic (exact) mass is 395 g/mol. The molecule has 0 spiro atoms. The van der Waals surface area contributed by atoms with Gasteiger partial charge in [-0.05, 0) is 12.1 Å². The van der Waals surface area contributed by atoms with Gasteiger partial charge >= 0.3 is 5.97 Å². The second-order valence-electron chi connectivity index (χ2n) is 6.70. The highest BCUT2D eigenvalue weighted by Gasteiger charge is 2.47. The third-order valence-electron chi connectivity index (χ3n) is 4.97. The quantitative estimate of drug-likeness (QED) is 0.480. The van der Waals surface area contributed by atoms with Crippen LogP contribution in [0.5, 0.6) is 0 Å². The van der Waals surface area contributed by atoms with E-state index in [0.29, 0.717) is 22.4 Å². The zero-order valence-corrected chi connectivity index (χ0v) is 15.1. The number of hydrogen-bond acceptors (Lipinski definition) is 8. The molecule has 0 saturated carbocycles. The fraction of sp³-hybridized carbons (Fsp3) is 0.263. The highest BCUT2D eigenvalue weighted by molar-refractivity contribution is 5.89. The lowest BCUT2D eigenvalue weighted by Gasteiger charge is -2.22. The van der Waals surface area contributed by atoms with E-state index in [0.717, 1.165) is 0 Å². The molecule has 1 aliphatic rings. The van der Waals surface area contributed by atoms with E-state index in [1.54, 1.807) is 58.0 Å². The summed E-state index contributed by atoms with van der Waals surface area (Å²) in [6.45, 7) is -0.429. The van der Waals surface area contributed by atoms with E-state index in [1.807, 2.05) is 0 Å². The van der Waals surface area contributed by atoms with Gasteiger partial charge in [-0.3, -0.25) is 8.97 Å². The van der Waals surface area contributed by atoms with E-state index >= 15 is 0 Å². The normalized spacial score (nSPS) is 24.3. The van der Waals surface area contributed by atoms with Crippen LogP contribution in [0.15, 0.2) is 55.4 Å². The first-order valence-electron chi connectivity index (χ1n) is 9.02. The van der Waals surface area contributed by atoms with Gasteiger partial charge in [0.05, 0.1) is 18.5 Å². The molecule has 29 heavy (non-hydrogen) atoms. The molecule has 0 amide bonds. The van der Waals surface area contributed by atoms with Crippen LogP contribution in [-0.4, -0.2) is 65.0 Å². The van der Waals surface area contributed by atoms with Gasteiger partial charge in [-0.25, -0.2) is 19.7 Å². The largest absolute Gasteiger partial charge is 0.451 e. The molecule has 4 atom stereocenters. The maximum absolute atomic E-state index is 12.6. The number of carbonyl (C=O) groups excluding carboxylic acids is 1. The minimum atomic E-state index is -1.22. The first kappa shape index (κ1) is 17.7. The second-order valence-corrected chi connectivity index (χ2v) is 6.70. The molecule has 4 heterocycles.